The van der Waals surface area contributed by atoms with Crippen molar-refractivity contribution >= 4 is 11.6 Å². The van der Waals surface area contributed by atoms with Gasteiger partial charge in [0.15, 0.2) is 0 Å². The number of nitrogens with one attached hydrogen (secondary N) is 1. The smallest absolute Gasteiger partial charge is 0.0434 e. The van der Waals surface area contributed by atoms with Crippen LogP contribution in [0.1, 0.15) is 50.8 Å². The number of fused-ring (bicyclic) bond motifs is 1. The Kier molecular flexibility index (Phi) is 5.11. The number of halogens is 1. The van der Waals surface area contributed by atoms with E-state index in [2.05, 4.69) is 38.2 Å². The van der Waals surface area contributed by atoms with E-state index in [0.29, 0.717) is 12.0 Å². The van der Waals surface area contributed by atoms with Crippen LogP contribution in [0.5, 0.6) is 0 Å². The number of aliphatic hydroxyl groups excluding tert-OH is 1. The molecule has 0 bridgehead atoms. The lowest BCUT2D eigenvalue weighted by molar-refractivity contribution is 0.226. The molecule has 0 saturated heterocycles. The van der Waals surface area contributed by atoms with Gasteiger partial charge in [-0.3, -0.25) is 0 Å². The van der Waals surface area contributed by atoms with Crippen LogP contribution in [0.25, 0.3) is 0 Å². The first kappa shape index (κ1) is 15.8. The molecule has 2 N–H and O–H groups in total. The Balaban J connectivity index is 2.12. The summed E-state index contributed by atoms with van der Waals surface area (Å²) in [5.74, 6) is 0.541. The van der Waals surface area contributed by atoms with Crippen LogP contribution in [0.15, 0.2) is 18.2 Å². The number of hydrogen-bond acceptors (Lipinski definition) is 2. The normalized spacial score (nSPS) is 21.8. The molecule has 0 fully saturated rings. The van der Waals surface area contributed by atoms with Crippen molar-refractivity contribution < 1.29 is 5.11 Å². The monoisotopic (exact) mass is 295 g/mol. The summed E-state index contributed by atoms with van der Waals surface area (Å²) in [5.41, 5.74) is 2.97. The molecule has 0 amide bonds. The summed E-state index contributed by atoms with van der Waals surface area (Å²) in [6.45, 7) is 8.04. The Morgan fingerprint density at radius 3 is 2.85 bits per heavy atom. The minimum Gasteiger partial charge on any atom is -0.396 e. The van der Waals surface area contributed by atoms with Gasteiger partial charge in [0.05, 0.1) is 0 Å². The van der Waals surface area contributed by atoms with Crippen molar-refractivity contribution in [3.8, 4) is 0 Å². The Bertz CT molecular complexity index is 458. The molecule has 2 rings (SSSR count). The molecule has 0 saturated carbocycles. The van der Waals surface area contributed by atoms with E-state index in [-0.39, 0.29) is 12.0 Å². The van der Waals surface area contributed by atoms with Crippen LogP contribution in [0, 0.1) is 11.3 Å². The van der Waals surface area contributed by atoms with Crippen molar-refractivity contribution in [2.24, 2.45) is 11.3 Å². The van der Waals surface area contributed by atoms with E-state index in [4.69, 9.17) is 16.7 Å². The van der Waals surface area contributed by atoms with Gasteiger partial charge in [-0.2, -0.15) is 0 Å². The van der Waals surface area contributed by atoms with Gasteiger partial charge >= 0.3 is 0 Å². The van der Waals surface area contributed by atoms with Gasteiger partial charge in [-0.05, 0) is 54.0 Å². The fourth-order valence-electron chi connectivity index (χ4n) is 3.31. The van der Waals surface area contributed by atoms with E-state index in [0.717, 1.165) is 30.8 Å². The summed E-state index contributed by atoms with van der Waals surface area (Å²) in [6.07, 6.45) is 3.07. The first-order chi connectivity index (χ1) is 9.47. The lowest BCUT2D eigenvalue weighted by Crippen LogP contribution is -2.34. The lowest BCUT2D eigenvalue weighted by atomic mass is 9.85. The molecule has 2 nitrogen and oxygen atoms in total. The number of aliphatic hydroxyl groups is 1. The van der Waals surface area contributed by atoms with Gasteiger partial charge in [0.25, 0.3) is 0 Å². The highest BCUT2D eigenvalue weighted by Gasteiger charge is 2.38. The zero-order valence-corrected chi connectivity index (χ0v) is 13.5. The minimum atomic E-state index is 0.213. The SMILES string of the molecule is CCC(CCO)CNC1c2cc(Cl)ccc2CC1(C)C. The van der Waals surface area contributed by atoms with E-state index in [9.17, 15) is 0 Å². The number of hydrogen-bond donors (Lipinski definition) is 2. The van der Waals surface area contributed by atoms with Crippen molar-refractivity contribution in [2.45, 2.75) is 46.1 Å². The average molecular weight is 296 g/mol. The molecule has 112 valence electrons. The predicted octanol–water partition coefficient (Wildman–Crippen LogP) is 3.96. The second-order valence-electron chi connectivity index (χ2n) is 6.64. The average Bonchev–Trinajstić information content (AvgIpc) is 2.64. The van der Waals surface area contributed by atoms with Crippen molar-refractivity contribution in [1.82, 2.24) is 5.32 Å². The third kappa shape index (κ3) is 3.36. The standard InChI is InChI=1S/C17H26ClNO/c1-4-12(7-8-20)11-19-16-15-9-14(18)6-5-13(15)10-17(16,2)3/h5-6,9,12,16,19-20H,4,7-8,10-11H2,1-3H3. The first-order valence-corrected chi connectivity index (χ1v) is 7.98. The highest BCUT2D eigenvalue weighted by molar-refractivity contribution is 6.30. The molecule has 0 aliphatic heterocycles. The van der Waals surface area contributed by atoms with Crippen LogP contribution in [0.3, 0.4) is 0 Å². The van der Waals surface area contributed by atoms with Gasteiger partial charge in [-0.1, -0.05) is 44.9 Å². The second-order valence-corrected chi connectivity index (χ2v) is 7.07. The molecule has 1 aliphatic rings. The Hall–Kier alpha value is -0.570. The number of benzene rings is 1. The molecular formula is C17H26ClNO. The van der Waals surface area contributed by atoms with Gasteiger partial charge < -0.3 is 10.4 Å². The van der Waals surface area contributed by atoms with Crippen LogP contribution in [-0.4, -0.2) is 18.3 Å². The number of rotatable bonds is 6. The summed E-state index contributed by atoms with van der Waals surface area (Å²) in [6, 6.07) is 6.60. The molecule has 0 radical (unpaired) electrons. The third-order valence-corrected chi connectivity index (χ3v) is 4.81. The Labute approximate surface area is 127 Å². The molecule has 2 atom stereocenters. The van der Waals surface area contributed by atoms with Crippen molar-refractivity contribution in [3.63, 3.8) is 0 Å². The third-order valence-electron chi connectivity index (χ3n) is 4.57. The van der Waals surface area contributed by atoms with Gasteiger partial charge in [0.2, 0.25) is 0 Å². The molecule has 3 heteroatoms. The van der Waals surface area contributed by atoms with E-state index in [1.54, 1.807) is 0 Å². The summed E-state index contributed by atoms with van der Waals surface area (Å²) < 4.78 is 0. The van der Waals surface area contributed by atoms with Crippen LogP contribution < -0.4 is 5.32 Å². The van der Waals surface area contributed by atoms with E-state index in [1.807, 2.05) is 6.07 Å². The van der Waals surface area contributed by atoms with Crippen LogP contribution >= 0.6 is 11.6 Å². The maximum absolute atomic E-state index is 9.11. The van der Waals surface area contributed by atoms with E-state index >= 15 is 0 Å². The van der Waals surface area contributed by atoms with Crippen molar-refractivity contribution in [2.75, 3.05) is 13.2 Å². The maximum Gasteiger partial charge on any atom is 0.0434 e. The molecule has 1 aliphatic carbocycles. The maximum atomic E-state index is 9.11. The highest BCUT2D eigenvalue weighted by Crippen LogP contribution is 2.45. The summed E-state index contributed by atoms with van der Waals surface area (Å²) in [4.78, 5) is 0. The molecular weight excluding hydrogens is 270 g/mol. The largest absolute Gasteiger partial charge is 0.396 e. The quantitative estimate of drug-likeness (QED) is 0.832. The predicted molar refractivity (Wildman–Crippen MR) is 85.2 cm³/mol. The van der Waals surface area contributed by atoms with Crippen molar-refractivity contribution in [3.05, 3.63) is 34.3 Å². The lowest BCUT2D eigenvalue weighted by Gasteiger charge is -2.30. The van der Waals surface area contributed by atoms with Crippen LogP contribution in [-0.2, 0) is 6.42 Å². The zero-order valence-electron chi connectivity index (χ0n) is 12.7. The summed E-state index contributed by atoms with van der Waals surface area (Å²) in [5, 5.41) is 13.6. The molecule has 0 spiro atoms. The van der Waals surface area contributed by atoms with Crippen molar-refractivity contribution in [1.29, 1.82) is 0 Å². The zero-order chi connectivity index (χ0) is 14.8. The van der Waals surface area contributed by atoms with Crippen LogP contribution in [0.4, 0.5) is 0 Å². The van der Waals surface area contributed by atoms with Gasteiger partial charge in [0.1, 0.15) is 0 Å². The summed E-state index contributed by atoms with van der Waals surface area (Å²) in [7, 11) is 0. The van der Waals surface area contributed by atoms with E-state index in [1.165, 1.54) is 11.1 Å². The molecule has 20 heavy (non-hydrogen) atoms. The fourth-order valence-corrected chi connectivity index (χ4v) is 3.49. The molecule has 0 heterocycles. The van der Waals surface area contributed by atoms with Crippen LogP contribution in [0.2, 0.25) is 5.02 Å². The van der Waals surface area contributed by atoms with Gasteiger partial charge in [-0.25, -0.2) is 0 Å². The Morgan fingerprint density at radius 1 is 1.45 bits per heavy atom. The van der Waals surface area contributed by atoms with Gasteiger partial charge in [-0.15, -0.1) is 0 Å². The topological polar surface area (TPSA) is 32.3 Å². The molecule has 2 unspecified atom stereocenters. The second kappa shape index (κ2) is 6.46. The first-order valence-electron chi connectivity index (χ1n) is 7.60. The molecule has 0 aromatic heterocycles. The summed E-state index contributed by atoms with van der Waals surface area (Å²) >= 11 is 6.16. The fraction of sp³-hybridized carbons (Fsp3) is 0.647. The molecule has 1 aromatic carbocycles. The van der Waals surface area contributed by atoms with E-state index < -0.39 is 0 Å². The minimum absolute atomic E-state index is 0.213. The Morgan fingerprint density at radius 2 is 2.20 bits per heavy atom. The molecule has 1 aromatic rings. The van der Waals surface area contributed by atoms with Gasteiger partial charge in [0, 0.05) is 17.7 Å². The highest BCUT2D eigenvalue weighted by atomic mass is 35.5.